The Morgan fingerprint density at radius 1 is 1.00 bits per heavy atom. The molecular weight excluding hydrogens is 400 g/mol. The summed E-state index contributed by atoms with van der Waals surface area (Å²) in [6.45, 7) is 4.41. The summed E-state index contributed by atoms with van der Waals surface area (Å²) in [5.41, 5.74) is 1.24. The van der Waals surface area contributed by atoms with Crippen LogP contribution in [0.5, 0.6) is 0 Å². The molecular formula is C22H30N4O3S. The van der Waals surface area contributed by atoms with E-state index in [0.29, 0.717) is 31.1 Å². The highest BCUT2D eigenvalue weighted by Crippen LogP contribution is 2.34. The van der Waals surface area contributed by atoms with Crippen molar-refractivity contribution >= 4 is 15.9 Å². The van der Waals surface area contributed by atoms with Crippen LogP contribution in [0.25, 0.3) is 0 Å². The normalized spacial score (nSPS) is 22.3. The van der Waals surface area contributed by atoms with Crippen LogP contribution in [0.4, 0.5) is 0 Å². The number of rotatable bonds is 5. The molecule has 4 rings (SSSR count). The van der Waals surface area contributed by atoms with E-state index >= 15 is 0 Å². The van der Waals surface area contributed by atoms with Gasteiger partial charge in [-0.25, -0.2) is 8.42 Å². The van der Waals surface area contributed by atoms with Crippen LogP contribution in [-0.2, 0) is 21.9 Å². The van der Waals surface area contributed by atoms with Crippen LogP contribution in [0.3, 0.4) is 0 Å². The number of amides is 1. The van der Waals surface area contributed by atoms with Gasteiger partial charge in [-0.15, -0.1) is 0 Å². The van der Waals surface area contributed by atoms with E-state index < -0.39 is 10.0 Å². The molecule has 0 N–H and O–H groups in total. The zero-order chi connectivity index (χ0) is 21.3. The first-order chi connectivity index (χ1) is 14.4. The lowest BCUT2D eigenvalue weighted by Gasteiger charge is -2.38. The van der Waals surface area contributed by atoms with Gasteiger partial charge in [-0.05, 0) is 50.6 Å². The van der Waals surface area contributed by atoms with Gasteiger partial charge in [0.15, 0.2) is 0 Å². The molecule has 7 nitrogen and oxygen atoms in total. The van der Waals surface area contributed by atoms with Gasteiger partial charge in [-0.3, -0.25) is 9.69 Å². The highest BCUT2D eigenvalue weighted by atomic mass is 32.2. The van der Waals surface area contributed by atoms with E-state index in [4.69, 9.17) is 0 Å². The van der Waals surface area contributed by atoms with Gasteiger partial charge in [-0.1, -0.05) is 18.2 Å². The van der Waals surface area contributed by atoms with Gasteiger partial charge in [0, 0.05) is 45.1 Å². The Hall–Kier alpha value is -2.16. The molecule has 8 heteroatoms. The number of aryl methyl sites for hydroxylation is 1. The van der Waals surface area contributed by atoms with Crippen molar-refractivity contribution in [2.24, 2.45) is 7.05 Å². The molecule has 2 aromatic rings. The second kappa shape index (κ2) is 8.53. The largest absolute Gasteiger partial charge is 0.353 e. The lowest BCUT2D eigenvalue weighted by atomic mass is 10.1. The average molecular weight is 431 g/mol. The number of sulfonamides is 1. The molecule has 3 heterocycles. The van der Waals surface area contributed by atoms with E-state index in [1.807, 2.05) is 31.1 Å². The SMILES string of the molecule is C[C@H](C(=O)N1CCN(S(=O)(=O)c2ccccc2)CC1)N1CCC[C@H]1c1cccn1C. The molecule has 0 radical (unpaired) electrons. The van der Waals surface area contributed by atoms with E-state index in [1.54, 1.807) is 30.3 Å². The Kier molecular flexibility index (Phi) is 5.99. The Balaban J connectivity index is 1.40. The summed E-state index contributed by atoms with van der Waals surface area (Å²) < 4.78 is 29.3. The van der Waals surface area contributed by atoms with Crippen LogP contribution < -0.4 is 0 Å². The summed E-state index contributed by atoms with van der Waals surface area (Å²) >= 11 is 0. The summed E-state index contributed by atoms with van der Waals surface area (Å²) in [6, 6.07) is 12.7. The fourth-order valence-electron chi connectivity index (χ4n) is 4.69. The minimum Gasteiger partial charge on any atom is -0.353 e. The maximum absolute atomic E-state index is 13.2. The number of aromatic nitrogens is 1. The second-order valence-corrected chi connectivity index (χ2v) is 10.1. The number of nitrogens with zero attached hydrogens (tertiary/aromatic N) is 4. The first kappa shape index (κ1) is 21.1. The van der Waals surface area contributed by atoms with Gasteiger partial charge in [0.1, 0.15) is 0 Å². The summed E-state index contributed by atoms with van der Waals surface area (Å²) in [6.07, 6.45) is 4.18. The number of carbonyl (C=O) groups excluding carboxylic acids is 1. The zero-order valence-electron chi connectivity index (χ0n) is 17.6. The van der Waals surface area contributed by atoms with Crippen LogP contribution in [-0.4, -0.2) is 71.8 Å². The van der Waals surface area contributed by atoms with Crippen molar-refractivity contribution in [2.75, 3.05) is 32.7 Å². The van der Waals surface area contributed by atoms with Gasteiger partial charge in [0.25, 0.3) is 0 Å². The monoisotopic (exact) mass is 430 g/mol. The van der Waals surface area contributed by atoms with Crippen LogP contribution in [0.2, 0.25) is 0 Å². The summed E-state index contributed by atoms with van der Waals surface area (Å²) in [7, 11) is -1.46. The van der Waals surface area contributed by atoms with Gasteiger partial charge in [0.05, 0.1) is 17.0 Å². The van der Waals surface area contributed by atoms with Crippen LogP contribution in [0.1, 0.15) is 31.5 Å². The molecule has 162 valence electrons. The molecule has 1 amide bonds. The van der Waals surface area contributed by atoms with Crippen molar-refractivity contribution in [3.05, 3.63) is 54.4 Å². The predicted molar refractivity (Wildman–Crippen MR) is 115 cm³/mol. The van der Waals surface area contributed by atoms with Crippen molar-refractivity contribution < 1.29 is 13.2 Å². The first-order valence-electron chi connectivity index (χ1n) is 10.6. The number of carbonyl (C=O) groups is 1. The maximum Gasteiger partial charge on any atom is 0.243 e. The highest BCUT2D eigenvalue weighted by Gasteiger charge is 2.37. The van der Waals surface area contributed by atoms with Gasteiger partial charge >= 0.3 is 0 Å². The van der Waals surface area contributed by atoms with E-state index in [9.17, 15) is 13.2 Å². The van der Waals surface area contributed by atoms with E-state index in [0.717, 1.165) is 19.4 Å². The standard InChI is InChI=1S/C22H30N4O3S/c1-18(26-13-7-11-21(26)20-10-6-12-23(20)2)22(27)24-14-16-25(17-15-24)30(28,29)19-8-4-3-5-9-19/h3-6,8-10,12,18,21H,7,11,13-17H2,1-2H3/t18-,21+/m1/s1. The van der Waals surface area contributed by atoms with Gasteiger partial charge < -0.3 is 9.47 Å². The predicted octanol–water partition coefficient (Wildman–Crippen LogP) is 2.08. The third-order valence-corrected chi connectivity index (χ3v) is 8.32. The van der Waals surface area contributed by atoms with Crippen LogP contribution in [0.15, 0.2) is 53.6 Å². The maximum atomic E-state index is 13.2. The second-order valence-electron chi connectivity index (χ2n) is 8.16. The molecule has 0 unspecified atom stereocenters. The Labute approximate surface area is 178 Å². The van der Waals surface area contributed by atoms with Crippen molar-refractivity contribution in [2.45, 2.75) is 36.7 Å². The highest BCUT2D eigenvalue weighted by molar-refractivity contribution is 7.89. The Bertz CT molecular complexity index is 981. The van der Waals surface area contributed by atoms with E-state index in [2.05, 4.69) is 15.5 Å². The van der Waals surface area contributed by atoms with Crippen LogP contribution in [0, 0.1) is 0 Å². The molecule has 0 saturated carbocycles. The third-order valence-electron chi connectivity index (χ3n) is 6.41. The lowest BCUT2D eigenvalue weighted by molar-refractivity contribution is -0.138. The topological polar surface area (TPSA) is 65.9 Å². The Morgan fingerprint density at radius 3 is 2.33 bits per heavy atom. The fraction of sp³-hybridized carbons (Fsp3) is 0.500. The molecule has 2 aliphatic rings. The van der Waals surface area contributed by atoms with E-state index in [1.165, 1.54) is 10.00 Å². The first-order valence-corrected chi connectivity index (χ1v) is 12.0. The zero-order valence-corrected chi connectivity index (χ0v) is 18.5. The molecule has 0 bridgehead atoms. The molecule has 2 aliphatic heterocycles. The number of piperazine rings is 1. The lowest BCUT2D eigenvalue weighted by Crippen LogP contribution is -2.55. The molecule has 1 aromatic carbocycles. The van der Waals surface area contributed by atoms with Crippen molar-refractivity contribution in [1.29, 1.82) is 0 Å². The number of likely N-dealkylation sites (tertiary alicyclic amines) is 1. The smallest absolute Gasteiger partial charge is 0.243 e. The van der Waals surface area contributed by atoms with Crippen LogP contribution >= 0.6 is 0 Å². The summed E-state index contributed by atoms with van der Waals surface area (Å²) in [4.78, 5) is 17.6. The minimum absolute atomic E-state index is 0.0906. The average Bonchev–Trinajstić information content (AvgIpc) is 3.42. The van der Waals surface area contributed by atoms with Crippen molar-refractivity contribution in [3.63, 3.8) is 0 Å². The number of benzene rings is 1. The fourth-order valence-corrected chi connectivity index (χ4v) is 6.13. The number of hydrogen-bond acceptors (Lipinski definition) is 4. The molecule has 2 fully saturated rings. The molecule has 1 aromatic heterocycles. The summed E-state index contributed by atoms with van der Waals surface area (Å²) in [5.74, 6) is 0.0906. The molecule has 0 spiro atoms. The Morgan fingerprint density at radius 2 is 1.70 bits per heavy atom. The van der Waals surface area contributed by atoms with E-state index in [-0.39, 0.29) is 18.0 Å². The molecule has 30 heavy (non-hydrogen) atoms. The summed E-state index contributed by atoms with van der Waals surface area (Å²) in [5, 5.41) is 0. The third kappa shape index (κ3) is 3.91. The molecule has 0 aliphatic carbocycles. The van der Waals surface area contributed by atoms with Gasteiger partial charge in [-0.2, -0.15) is 4.31 Å². The minimum atomic E-state index is -3.51. The van der Waals surface area contributed by atoms with Gasteiger partial charge in [0.2, 0.25) is 15.9 Å². The molecule has 2 atom stereocenters. The molecule has 2 saturated heterocycles. The van der Waals surface area contributed by atoms with Crippen molar-refractivity contribution in [3.8, 4) is 0 Å². The number of hydrogen-bond donors (Lipinski definition) is 0. The quantitative estimate of drug-likeness (QED) is 0.729. The van der Waals surface area contributed by atoms with Crippen molar-refractivity contribution in [1.82, 2.24) is 18.7 Å².